The normalized spacial score (nSPS) is 16.2. The van der Waals surface area contributed by atoms with Crippen molar-refractivity contribution >= 4 is 15.9 Å². The zero-order valence-electron chi connectivity index (χ0n) is 6.89. The Morgan fingerprint density at radius 3 is 3.00 bits per heavy atom. The van der Waals surface area contributed by atoms with Crippen LogP contribution in [0, 0.1) is 0 Å². The number of hydrogen-bond donors (Lipinski definition) is 1. The maximum absolute atomic E-state index is 5.56. The van der Waals surface area contributed by atoms with Gasteiger partial charge in [-0.2, -0.15) is 0 Å². The van der Waals surface area contributed by atoms with E-state index >= 15 is 0 Å². The molecule has 0 saturated heterocycles. The predicted molar refractivity (Wildman–Crippen MR) is 50.8 cm³/mol. The maximum atomic E-state index is 5.56. The zero-order chi connectivity index (χ0) is 8.55. The van der Waals surface area contributed by atoms with Gasteiger partial charge in [0.2, 0.25) is 0 Å². The highest BCUT2D eigenvalue weighted by molar-refractivity contribution is 9.10. The molecule has 0 fully saturated rings. The van der Waals surface area contributed by atoms with E-state index in [0.29, 0.717) is 6.54 Å². The minimum Gasteiger partial charge on any atom is -0.325 e. The quantitative estimate of drug-likeness (QED) is 0.793. The minimum atomic E-state index is 0.528. The zero-order valence-corrected chi connectivity index (χ0v) is 8.47. The van der Waals surface area contributed by atoms with E-state index in [9.17, 15) is 0 Å². The molecule has 0 aliphatic carbocycles. The summed E-state index contributed by atoms with van der Waals surface area (Å²) in [5.41, 5.74) is 6.55. The standard InChI is InChI=1S/C8H12BrN3/c9-8-6(5-10)11-7-3-1-2-4-12(7)8/h1-5,10H2. The van der Waals surface area contributed by atoms with Crippen molar-refractivity contribution in [3.05, 3.63) is 16.1 Å². The average molecular weight is 230 g/mol. The van der Waals surface area contributed by atoms with Crippen molar-refractivity contribution in [1.82, 2.24) is 9.55 Å². The summed E-state index contributed by atoms with van der Waals surface area (Å²) >= 11 is 3.52. The topological polar surface area (TPSA) is 43.8 Å². The Bertz CT molecular complexity index is 293. The molecule has 4 heteroatoms. The van der Waals surface area contributed by atoms with Crippen LogP contribution in [0.25, 0.3) is 0 Å². The fourth-order valence-corrected chi connectivity index (χ4v) is 2.26. The highest BCUT2D eigenvalue weighted by Gasteiger charge is 2.16. The second kappa shape index (κ2) is 3.18. The van der Waals surface area contributed by atoms with Gasteiger partial charge in [-0.25, -0.2) is 4.98 Å². The molecular weight excluding hydrogens is 218 g/mol. The van der Waals surface area contributed by atoms with Gasteiger partial charge in [-0.15, -0.1) is 0 Å². The van der Waals surface area contributed by atoms with Gasteiger partial charge in [0.15, 0.2) is 0 Å². The first-order valence-electron chi connectivity index (χ1n) is 4.26. The van der Waals surface area contributed by atoms with Gasteiger partial charge in [-0.3, -0.25) is 0 Å². The number of imidazole rings is 1. The molecule has 0 spiro atoms. The first-order valence-corrected chi connectivity index (χ1v) is 5.06. The number of rotatable bonds is 1. The minimum absolute atomic E-state index is 0.528. The third-order valence-electron chi connectivity index (χ3n) is 2.28. The molecule has 2 N–H and O–H groups in total. The SMILES string of the molecule is NCc1nc2n(c1Br)CCCC2. The predicted octanol–water partition coefficient (Wildman–Crippen LogP) is 1.44. The van der Waals surface area contributed by atoms with Crippen LogP contribution in [0.15, 0.2) is 4.60 Å². The van der Waals surface area contributed by atoms with Crippen molar-refractivity contribution in [2.24, 2.45) is 5.73 Å². The number of fused-ring (bicyclic) bond motifs is 1. The van der Waals surface area contributed by atoms with Gasteiger partial charge in [-0.1, -0.05) is 0 Å². The lowest BCUT2D eigenvalue weighted by Crippen LogP contribution is -2.10. The molecule has 1 aliphatic rings. The smallest absolute Gasteiger partial charge is 0.109 e. The molecule has 0 saturated carbocycles. The number of nitrogens with zero attached hydrogens (tertiary/aromatic N) is 2. The Morgan fingerprint density at radius 2 is 2.33 bits per heavy atom. The summed E-state index contributed by atoms with van der Waals surface area (Å²) in [6.07, 6.45) is 3.61. The number of nitrogens with two attached hydrogens (primary N) is 1. The van der Waals surface area contributed by atoms with Gasteiger partial charge in [-0.05, 0) is 28.8 Å². The molecule has 3 nitrogen and oxygen atoms in total. The molecule has 0 radical (unpaired) electrons. The molecule has 0 amide bonds. The first-order chi connectivity index (χ1) is 5.83. The van der Waals surface area contributed by atoms with E-state index in [-0.39, 0.29) is 0 Å². The largest absolute Gasteiger partial charge is 0.325 e. The second-order valence-corrected chi connectivity index (χ2v) is 3.83. The Labute approximate surface area is 80.1 Å². The van der Waals surface area contributed by atoms with Crippen LogP contribution in [-0.2, 0) is 19.5 Å². The lowest BCUT2D eigenvalue weighted by molar-refractivity contribution is 0.516. The van der Waals surface area contributed by atoms with E-state index < -0.39 is 0 Å². The molecule has 66 valence electrons. The number of halogens is 1. The number of aromatic nitrogens is 2. The Balaban J connectivity index is 2.44. The molecule has 12 heavy (non-hydrogen) atoms. The molecule has 0 aromatic carbocycles. The van der Waals surface area contributed by atoms with Crippen LogP contribution in [0.5, 0.6) is 0 Å². The van der Waals surface area contributed by atoms with Gasteiger partial charge in [0.25, 0.3) is 0 Å². The summed E-state index contributed by atoms with van der Waals surface area (Å²) < 4.78 is 3.31. The van der Waals surface area contributed by atoms with Crippen molar-refractivity contribution in [1.29, 1.82) is 0 Å². The summed E-state index contributed by atoms with van der Waals surface area (Å²) in [4.78, 5) is 4.46. The van der Waals surface area contributed by atoms with E-state index in [1.807, 2.05) is 0 Å². The molecule has 2 heterocycles. The van der Waals surface area contributed by atoms with Gasteiger partial charge >= 0.3 is 0 Å². The van der Waals surface area contributed by atoms with Crippen LogP contribution in [0.2, 0.25) is 0 Å². The van der Waals surface area contributed by atoms with Crippen LogP contribution in [0.3, 0.4) is 0 Å². The fourth-order valence-electron chi connectivity index (χ4n) is 1.63. The monoisotopic (exact) mass is 229 g/mol. The molecule has 2 rings (SSSR count). The second-order valence-electron chi connectivity index (χ2n) is 3.08. The lowest BCUT2D eigenvalue weighted by atomic mass is 10.2. The van der Waals surface area contributed by atoms with E-state index in [1.54, 1.807) is 0 Å². The van der Waals surface area contributed by atoms with E-state index in [0.717, 1.165) is 23.3 Å². The summed E-state index contributed by atoms with van der Waals surface area (Å²) in [7, 11) is 0. The van der Waals surface area contributed by atoms with Crippen LogP contribution in [0.4, 0.5) is 0 Å². The summed E-state index contributed by atoms with van der Waals surface area (Å²) in [5.74, 6) is 1.19. The third-order valence-corrected chi connectivity index (χ3v) is 3.16. The average Bonchev–Trinajstić information content (AvgIpc) is 2.44. The lowest BCUT2D eigenvalue weighted by Gasteiger charge is -2.13. The highest BCUT2D eigenvalue weighted by Crippen LogP contribution is 2.23. The van der Waals surface area contributed by atoms with E-state index in [2.05, 4.69) is 25.5 Å². The molecule has 0 bridgehead atoms. The molecule has 1 aromatic heterocycles. The Kier molecular flexibility index (Phi) is 2.19. The van der Waals surface area contributed by atoms with Gasteiger partial charge in [0.05, 0.1) is 5.69 Å². The summed E-state index contributed by atoms with van der Waals surface area (Å²) in [6, 6.07) is 0. The number of aryl methyl sites for hydroxylation is 1. The highest BCUT2D eigenvalue weighted by atomic mass is 79.9. The summed E-state index contributed by atoms with van der Waals surface area (Å²) in [6.45, 7) is 1.61. The van der Waals surface area contributed by atoms with Gasteiger partial charge in [0, 0.05) is 19.5 Å². The van der Waals surface area contributed by atoms with E-state index in [1.165, 1.54) is 18.7 Å². The van der Waals surface area contributed by atoms with Crippen LogP contribution >= 0.6 is 15.9 Å². The van der Waals surface area contributed by atoms with Crippen molar-refractivity contribution in [2.45, 2.75) is 32.4 Å². The van der Waals surface area contributed by atoms with Crippen LogP contribution < -0.4 is 5.73 Å². The first kappa shape index (κ1) is 8.26. The molecule has 0 atom stereocenters. The Morgan fingerprint density at radius 1 is 1.50 bits per heavy atom. The number of hydrogen-bond acceptors (Lipinski definition) is 2. The maximum Gasteiger partial charge on any atom is 0.109 e. The third kappa shape index (κ3) is 1.19. The van der Waals surface area contributed by atoms with Crippen molar-refractivity contribution in [3.8, 4) is 0 Å². The molecule has 0 unspecified atom stereocenters. The fraction of sp³-hybridized carbons (Fsp3) is 0.625. The molecule has 1 aliphatic heterocycles. The van der Waals surface area contributed by atoms with Crippen molar-refractivity contribution in [2.75, 3.05) is 0 Å². The van der Waals surface area contributed by atoms with Crippen molar-refractivity contribution in [3.63, 3.8) is 0 Å². The van der Waals surface area contributed by atoms with Crippen LogP contribution in [0.1, 0.15) is 24.4 Å². The van der Waals surface area contributed by atoms with Crippen LogP contribution in [-0.4, -0.2) is 9.55 Å². The summed E-state index contributed by atoms with van der Waals surface area (Å²) in [5, 5.41) is 0. The van der Waals surface area contributed by atoms with Gasteiger partial charge < -0.3 is 10.3 Å². The van der Waals surface area contributed by atoms with Gasteiger partial charge in [0.1, 0.15) is 10.4 Å². The van der Waals surface area contributed by atoms with E-state index in [4.69, 9.17) is 5.73 Å². The van der Waals surface area contributed by atoms with Crippen molar-refractivity contribution < 1.29 is 0 Å². The molecular formula is C8H12BrN3. The molecule has 1 aromatic rings. The Hall–Kier alpha value is -0.350.